The summed E-state index contributed by atoms with van der Waals surface area (Å²) in [6.07, 6.45) is 0. The number of hydrogen-bond donors (Lipinski definition) is 1. The van der Waals surface area contributed by atoms with Crippen molar-refractivity contribution < 1.29 is 19.1 Å². The lowest BCUT2D eigenvalue weighted by atomic mass is 10.2. The molecule has 0 saturated carbocycles. The van der Waals surface area contributed by atoms with Gasteiger partial charge in [-0.3, -0.25) is 4.79 Å². The summed E-state index contributed by atoms with van der Waals surface area (Å²) >= 11 is 1.27. The van der Waals surface area contributed by atoms with Crippen molar-refractivity contribution >= 4 is 29.3 Å². The van der Waals surface area contributed by atoms with Crippen LogP contribution in [0.5, 0.6) is 5.75 Å². The summed E-state index contributed by atoms with van der Waals surface area (Å²) in [7, 11) is 1.30. The monoisotopic (exact) mass is 440 g/mol. The number of nitrogens with zero attached hydrogens (tertiary/aromatic N) is 3. The van der Waals surface area contributed by atoms with Gasteiger partial charge in [0.1, 0.15) is 12.4 Å². The van der Waals surface area contributed by atoms with E-state index in [0.717, 1.165) is 11.3 Å². The van der Waals surface area contributed by atoms with Gasteiger partial charge in [-0.2, -0.15) is 0 Å². The Balaban J connectivity index is 1.61. The van der Waals surface area contributed by atoms with Gasteiger partial charge in [0.25, 0.3) is 0 Å². The molecule has 0 atom stereocenters. The number of anilines is 1. The van der Waals surface area contributed by atoms with Crippen molar-refractivity contribution in [3.05, 3.63) is 65.5 Å². The maximum Gasteiger partial charge on any atom is 0.339 e. The number of hydrogen-bond acceptors (Lipinski definition) is 7. The van der Waals surface area contributed by atoms with Gasteiger partial charge < -0.3 is 19.4 Å². The first-order valence-corrected chi connectivity index (χ1v) is 10.7. The minimum Gasteiger partial charge on any atom is -0.485 e. The minimum absolute atomic E-state index is 0.117. The fraction of sp³-hybridized carbons (Fsp3) is 0.273. The predicted octanol–water partition coefficient (Wildman–Crippen LogP) is 3.70. The van der Waals surface area contributed by atoms with E-state index in [9.17, 15) is 9.59 Å². The Morgan fingerprint density at radius 2 is 1.84 bits per heavy atom. The van der Waals surface area contributed by atoms with Crippen LogP contribution in [0, 0.1) is 6.92 Å². The molecular weight excluding hydrogens is 416 g/mol. The molecule has 1 aromatic heterocycles. The second-order valence-electron chi connectivity index (χ2n) is 6.57. The second kappa shape index (κ2) is 10.6. The van der Waals surface area contributed by atoms with Crippen molar-refractivity contribution in [1.29, 1.82) is 0 Å². The highest BCUT2D eigenvalue weighted by molar-refractivity contribution is 7.99. The van der Waals surface area contributed by atoms with Gasteiger partial charge in [0.2, 0.25) is 5.91 Å². The number of ether oxygens (including phenoxy) is 2. The van der Waals surface area contributed by atoms with Crippen LogP contribution < -0.4 is 10.1 Å². The number of amides is 1. The van der Waals surface area contributed by atoms with Crippen LogP contribution in [0.2, 0.25) is 0 Å². The number of nitrogens with one attached hydrogen (secondary N) is 1. The van der Waals surface area contributed by atoms with Crippen LogP contribution in [0.1, 0.15) is 28.7 Å². The van der Waals surface area contributed by atoms with Crippen molar-refractivity contribution in [3.8, 4) is 5.75 Å². The Bertz CT molecular complexity index is 1070. The molecular formula is C22H24N4O4S. The molecule has 1 amide bonds. The first-order chi connectivity index (χ1) is 15.0. The highest BCUT2D eigenvalue weighted by Crippen LogP contribution is 2.22. The summed E-state index contributed by atoms with van der Waals surface area (Å²) in [4.78, 5) is 24.3. The molecule has 1 N–H and O–H groups in total. The maximum atomic E-state index is 12.4. The van der Waals surface area contributed by atoms with Crippen LogP contribution >= 0.6 is 11.8 Å². The van der Waals surface area contributed by atoms with E-state index in [4.69, 9.17) is 9.47 Å². The normalized spacial score (nSPS) is 10.5. The van der Waals surface area contributed by atoms with Gasteiger partial charge in [0, 0.05) is 6.54 Å². The molecule has 0 aliphatic rings. The number of esters is 1. The van der Waals surface area contributed by atoms with Crippen molar-refractivity contribution in [1.82, 2.24) is 14.8 Å². The van der Waals surface area contributed by atoms with Gasteiger partial charge in [0.15, 0.2) is 11.0 Å². The molecule has 0 aliphatic carbocycles. The molecule has 0 saturated heterocycles. The van der Waals surface area contributed by atoms with Crippen molar-refractivity contribution in [2.45, 2.75) is 32.2 Å². The highest BCUT2D eigenvalue weighted by atomic mass is 32.2. The van der Waals surface area contributed by atoms with Crippen molar-refractivity contribution in [2.24, 2.45) is 0 Å². The molecule has 9 heteroatoms. The SMILES string of the molecule is CCn1c(COc2ccccc2C)nnc1SCC(=O)Nc1ccccc1C(=O)OC. The summed E-state index contributed by atoms with van der Waals surface area (Å²) < 4.78 is 12.5. The van der Waals surface area contributed by atoms with Crippen LogP contribution in [0.25, 0.3) is 0 Å². The van der Waals surface area contributed by atoms with Gasteiger partial charge >= 0.3 is 5.97 Å². The Morgan fingerprint density at radius 3 is 2.58 bits per heavy atom. The molecule has 162 valence electrons. The largest absolute Gasteiger partial charge is 0.485 e. The van der Waals surface area contributed by atoms with Crippen LogP contribution in [-0.4, -0.2) is 39.5 Å². The van der Waals surface area contributed by atoms with Crippen LogP contribution in [0.3, 0.4) is 0 Å². The number of rotatable bonds is 9. The first kappa shape index (κ1) is 22.4. The molecule has 0 spiro atoms. The molecule has 0 bridgehead atoms. The Hall–Kier alpha value is -3.33. The van der Waals surface area contributed by atoms with Crippen molar-refractivity contribution in [2.75, 3.05) is 18.2 Å². The summed E-state index contributed by atoms with van der Waals surface area (Å²) in [5, 5.41) is 11.8. The van der Waals surface area contributed by atoms with E-state index in [2.05, 4.69) is 15.5 Å². The molecule has 0 fully saturated rings. The van der Waals surface area contributed by atoms with E-state index < -0.39 is 5.97 Å². The summed E-state index contributed by atoms with van der Waals surface area (Å²) in [6.45, 7) is 4.90. The van der Waals surface area contributed by atoms with Crippen molar-refractivity contribution in [3.63, 3.8) is 0 Å². The number of aromatic nitrogens is 3. The molecule has 0 radical (unpaired) electrons. The number of carbonyl (C=O) groups is 2. The molecule has 0 aliphatic heterocycles. The van der Waals surface area contributed by atoms with E-state index in [1.165, 1.54) is 18.9 Å². The zero-order valence-corrected chi connectivity index (χ0v) is 18.4. The molecule has 0 unspecified atom stereocenters. The number of para-hydroxylation sites is 2. The van der Waals surface area contributed by atoms with E-state index in [1.54, 1.807) is 24.3 Å². The molecule has 8 nitrogen and oxygen atoms in total. The topological polar surface area (TPSA) is 95.3 Å². The third kappa shape index (κ3) is 5.64. The fourth-order valence-corrected chi connectivity index (χ4v) is 3.73. The smallest absolute Gasteiger partial charge is 0.339 e. The number of thioether (sulfide) groups is 1. The van der Waals surface area contributed by atoms with Gasteiger partial charge in [0.05, 0.1) is 24.1 Å². The van der Waals surface area contributed by atoms with Crippen LogP contribution in [-0.2, 0) is 22.7 Å². The molecule has 31 heavy (non-hydrogen) atoms. The van der Waals surface area contributed by atoms with E-state index >= 15 is 0 Å². The maximum absolute atomic E-state index is 12.4. The average molecular weight is 441 g/mol. The number of methoxy groups -OCH3 is 1. The van der Waals surface area contributed by atoms with Gasteiger partial charge in [-0.15, -0.1) is 10.2 Å². The Kier molecular flexibility index (Phi) is 7.66. The minimum atomic E-state index is -0.507. The average Bonchev–Trinajstić information content (AvgIpc) is 3.18. The summed E-state index contributed by atoms with van der Waals surface area (Å²) in [6, 6.07) is 14.5. The predicted molar refractivity (Wildman–Crippen MR) is 118 cm³/mol. The second-order valence-corrected chi connectivity index (χ2v) is 7.51. The fourth-order valence-electron chi connectivity index (χ4n) is 2.91. The number of aryl methyl sites for hydroxylation is 1. The number of benzene rings is 2. The van der Waals surface area contributed by atoms with E-state index in [-0.39, 0.29) is 18.3 Å². The lowest BCUT2D eigenvalue weighted by Gasteiger charge is -2.11. The zero-order valence-electron chi connectivity index (χ0n) is 17.6. The van der Waals surface area contributed by atoms with Gasteiger partial charge in [-0.05, 0) is 37.6 Å². The summed E-state index contributed by atoms with van der Waals surface area (Å²) in [5.41, 5.74) is 1.75. The third-order valence-electron chi connectivity index (χ3n) is 4.50. The quantitative estimate of drug-likeness (QED) is 0.400. The van der Waals surface area contributed by atoms with E-state index in [0.29, 0.717) is 28.8 Å². The summed E-state index contributed by atoms with van der Waals surface area (Å²) in [5.74, 6) is 0.833. The van der Waals surface area contributed by atoms with Gasteiger partial charge in [-0.25, -0.2) is 4.79 Å². The third-order valence-corrected chi connectivity index (χ3v) is 5.47. The molecule has 2 aromatic carbocycles. The molecule has 1 heterocycles. The first-order valence-electron chi connectivity index (χ1n) is 9.74. The zero-order chi connectivity index (χ0) is 22.2. The highest BCUT2D eigenvalue weighted by Gasteiger charge is 2.16. The molecule has 3 rings (SSSR count). The Morgan fingerprint density at radius 1 is 1.10 bits per heavy atom. The number of carbonyl (C=O) groups excluding carboxylic acids is 2. The Labute approximate surface area is 185 Å². The van der Waals surface area contributed by atoms with Gasteiger partial charge in [-0.1, -0.05) is 42.1 Å². The standard InChI is InChI=1S/C22H24N4O4S/c1-4-26-19(13-30-18-12-8-5-9-15(18)2)24-25-22(26)31-14-20(27)23-17-11-7-6-10-16(17)21(28)29-3/h5-12H,4,13-14H2,1-3H3,(H,23,27). The van der Waals surface area contributed by atoms with Crippen LogP contribution in [0.4, 0.5) is 5.69 Å². The van der Waals surface area contributed by atoms with E-state index in [1.807, 2.05) is 42.7 Å². The lowest BCUT2D eigenvalue weighted by Crippen LogP contribution is -2.17. The van der Waals surface area contributed by atoms with Crippen LogP contribution in [0.15, 0.2) is 53.7 Å². The molecule has 3 aromatic rings. The lowest BCUT2D eigenvalue weighted by molar-refractivity contribution is -0.113.